The molecule has 0 aliphatic rings. The zero-order valence-electron chi connectivity index (χ0n) is 15.3. The van der Waals surface area contributed by atoms with E-state index in [0.717, 1.165) is 22.1 Å². The number of thiazole rings is 1. The Hall–Kier alpha value is -3.39. The van der Waals surface area contributed by atoms with Crippen molar-refractivity contribution in [1.29, 1.82) is 0 Å². The predicted octanol–water partition coefficient (Wildman–Crippen LogP) is 4.24. The van der Waals surface area contributed by atoms with Crippen LogP contribution >= 0.6 is 11.3 Å². The van der Waals surface area contributed by atoms with Crippen LogP contribution in [-0.2, 0) is 9.53 Å². The molecule has 0 saturated carbocycles. The fraction of sp³-hybridized carbons (Fsp3) is 0.150. The third kappa shape index (κ3) is 5.55. The molecular formula is C20H20N4O3S. The van der Waals surface area contributed by atoms with Gasteiger partial charge in [-0.3, -0.25) is 4.79 Å². The lowest BCUT2D eigenvalue weighted by Crippen LogP contribution is -2.34. The third-order valence-corrected chi connectivity index (χ3v) is 4.40. The molecule has 0 fully saturated rings. The molecule has 0 radical (unpaired) electrons. The standard InChI is InChI=1S/C20H20N4O3S/c1-2-27-18(25)12-21-19(26)22-16-10-6-7-14(11-16)17-13-28-20(24-17)23-15-8-4-3-5-9-15/h3-11,13H,2,12H2,1H3,(H,23,24)(H2,21,22,26). The summed E-state index contributed by atoms with van der Waals surface area (Å²) < 4.78 is 4.77. The second-order valence-corrected chi connectivity index (χ2v) is 6.58. The number of hydrogen-bond donors (Lipinski definition) is 3. The van der Waals surface area contributed by atoms with Gasteiger partial charge in [0, 0.05) is 22.3 Å². The van der Waals surface area contributed by atoms with Crippen molar-refractivity contribution >= 4 is 39.8 Å². The van der Waals surface area contributed by atoms with Crippen molar-refractivity contribution in [2.75, 3.05) is 23.8 Å². The second kappa shape index (κ2) is 9.52. The SMILES string of the molecule is CCOC(=O)CNC(=O)Nc1cccc(-c2csc(Nc3ccccc3)n2)c1. The van der Waals surface area contributed by atoms with Crippen molar-refractivity contribution in [3.05, 3.63) is 60.0 Å². The fourth-order valence-corrected chi connectivity index (χ4v) is 3.14. The minimum Gasteiger partial charge on any atom is -0.465 e. The number of nitrogens with one attached hydrogen (secondary N) is 3. The van der Waals surface area contributed by atoms with Gasteiger partial charge in [0.2, 0.25) is 0 Å². The van der Waals surface area contributed by atoms with Crippen molar-refractivity contribution in [2.45, 2.75) is 6.92 Å². The Bertz CT molecular complexity index is 943. The van der Waals surface area contributed by atoms with Crippen LogP contribution in [-0.4, -0.2) is 30.1 Å². The van der Waals surface area contributed by atoms with E-state index in [0.29, 0.717) is 5.69 Å². The van der Waals surface area contributed by atoms with Crippen molar-refractivity contribution in [2.24, 2.45) is 0 Å². The number of nitrogens with zero attached hydrogens (tertiary/aromatic N) is 1. The van der Waals surface area contributed by atoms with E-state index in [2.05, 4.69) is 20.9 Å². The molecule has 1 heterocycles. The largest absolute Gasteiger partial charge is 0.465 e. The van der Waals surface area contributed by atoms with E-state index >= 15 is 0 Å². The van der Waals surface area contributed by atoms with Crippen LogP contribution < -0.4 is 16.0 Å². The van der Waals surface area contributed by atoms with E-state index in [9.17, 15) is 9.59 Å². The number of aromatic nitrogens is 1. The minimum atomic E-state index is -0.479. The van der Waals surface area contributed by atoms with Crippen LogP contribution in [0.25, 0.3) is 11.3 Å². The minimum absolute atomic E-state index is 0.181. The predicted molar refractivity (Wildman–Crippen MR) is 111 cm³/mol. The van der Waals surface area contributed by atoms with Crippen LogP contribution in [0.4, 0.5) is 21.3 Å². The Balaban J connectivity index is 1.62. The first-order valence-electron chi connectivity index (χ1n) is 8.72. The Morgan fingerprint density at radius 3 is 2.64 bits per heavy atom. The molecule has 7 nitrogen and oxygen atoms in total. The molecule has 3 aromatic rings. The Kier molecular flexibility index (Phi) is 6.59. The lowest BCUT2D eigenvalue weighted by molar-refractivity contribution is -0.141. The molecule has 8 heteroatoms. The molecule has 0 spiro atoms. The van der Waals surface area contributed by atoms with Crippen LogP contribution in [0.5, 0.6) is 0 Å². The van der Waals surface area contributed by atoms with Gasteiger partial charge < -0.3 is 20.7 Å². The monoisotopic (exact) mass is 396 g/mol. The molecule has 0 unspecified atom stereocenters. The van der Waals surface area contributed by atoms with Gasteiger partial charge in [-0.05, 0) is 31.2 Å². The first-order valence-corrected chi connectivity index (χ1v) is 9.60. The lowest BCUT2D eigenvalue weighted by Gasteiger charge is -2.08. The normalized spacial score (nSPS) is 10.2. The van der Waals surface area contributed by atoms with Crippen LogP contribution in [0, 0.1) is 0 Å². The number of rotatable bonds is 7. The molecule has 0 aliphatic carbocycles. The summed E-state index contributed by atoms with van der Waals surface area (Å²) in [6.07, 6.45) is 0. The zero-order valence-corrected chi connectivity index (χ0v) is 16.1. The highest BCUT2D eigenvalue weighted by molar-refractivity contribution is 7.14. The maximum absolute atomic E-state index is 11.9. The summed E-state index contributed by atoms with van der Waals surface area (Å²) in [4.78, 5) is 27.8. The van der Waals surface area contributed by atoms with Gasteiger partial charge in [-0.25, -0.2) is 9.78 Å². The molecule has 0 aliphatic heterocycles. The van der Waals surface area contributed by atoms with Crippen molar-refractivity contribution in [1.82, 2.24) is 10.3 Å². The van der Waals surface area contributed by atoms with Gasteiger partial charge in [0.25, 0.3) is 0 Å². The van der Waals surface area contributed by atoms with Gasteiger partial charge in [0.05, 0.1) is 12.3 Å². The van der Waals surface area contributed by atoms with E-state index in [1.165, 1.54) is 11.3 Å². The number of amides is 2. The Morgan fingerprint density at radius 1 is 1.07 bits per heavy atom. The average molecular weight is 396 g/mol. The zero-order chi connectivity index (χ0) is 19.8. The van der Waals surface area contributed by atoms with Gasteiger partial charge in [-0.15, -0.1) is 11.3 Å². The number of urea groups is 1. The number of hydrogen-bond acceptors (Lipinski definition) is 6. The maximum atomic E-state index is 11.9. The highest BCUT2D eigenvalue weighted by atomic mass is 32.1. The van der Waals surface area contributed by atoms with E-state index < -0.39 is 12.0 Å². The molecular weight excluding hydrogens is 376 g/mol. The number of para-hydroxylation sites is 1. The Morgan fingerprint density at radius 2 is 1.86 bits per heavy atom. The summed E-state index contributed by atoms with van der Waals surface area (Å²) in [5.74, 6) is -0.479. The summed E-state index contributed by atoms with van der Waals surface area (Å²) in [5, 5.41) is 11.2. The van der Waals surface area contributed by atoms with E-state index in [1.807, 2.05) is 53.9 Å². The van der Waals surface area contributed by atoms with Crippen LogP contribution in [0.1, 0.15) is 6.92 Å². The number of esters is 1. The quantitative estimate of drug-likeness (QED) is 0.520. The van der Waals surface area contributed by atoms with Crippen molar-refractivity contribution in [3.8, 4) is 11.3 Å². The summed E-state index contributed by atoms with van der Waals surface area (Å²) in [6, 6.07) is 16.7. The molecule has 28 heavy (non-hydrogen) atoms. The van der Waals surface area contributed by atoms with Gasteiger partial charge >= 0.3 is 12.0 Å². The van der Waals surface area contributed by atoms with Crippen LogP contribution in [0.15, 0.2) is 60.0 Å². The molecule has 1 aromatic heterocycles. The number of anilines is 3. The first kappa shape index (κ1) is 19.4. The van der Waals surface area contributed by atoms with Crippen LogP contribution in [0.3, 0.4) is 0 Å². The number of benzene rings is 2. The average Bonchev–Trinajstić information content (AvgIpc) is 3.16. The summed E-state index contributed by atoms with van der Waals surface area (Å²) >= 11 is 1.50. The number of carbonyl (C=O) groups is 2. The maximum Gasteiger partial charge on any atom is 0.325 e. The van der Waals surface area contributed by atoms with E-state index in [-0.39, 0.29) is 13.2 Å². The highest BCUT2D eigenvalue weighted by Gasteiger charge is 2.09. The molecule has 0 bridgehead atoms. The van der Waals surface area contributed by atoms with Crippen molar-refractivity contribution in [3.63, 3.8) is 0 Å². The number of carbonyl (C=O) groups excluding carboxylic acids is 2. The molecule has 2 amide bonds. The second-order valence-electron chi connectivity index (χ2n) is 5.72. The smallest absolute Gasteiger partial charge is 0.325 e. The van der Waals surface area contributed by atoms with E-state index in [1.54, 1.807) is 13.0 Å². The Labute approximate surface area is 166 Å². The highest BCUT2D eigenvalue weighted by Crippen LogP contribution is 2.28. The molecule has 3 rings (SSSR count). The van der Waals surface area contributed by atoms with E-state index in [4.69, 9.17) is 4.74 Å². The summed E-state index contributed by atoms with van der Waals surface area (Å²) in [7, 11) is 0. The molecule has 0 atom stereocenters. The van der Waals surface area contributed by atoms with Crippen molar-refractivity contribution < 1.29 is 14.3 Å². The van der Waals surface area contributed by atoms with Gasteiger partial charge in [-0.1, -0.05) is 30.3 Å². The molecule has 3 N–H and O–H groups in total. The summed E-state index contributed by atoms with van der Waals surface area (Å²) in [5.41, 5.74) is 3.25. The lowest BCUT2D eigenvalue weighted by atomic mass is 10.1. The van der Waals surface area contributed by atoms with Gasteiger partial charge in [-0.2, -0.15) is 0 Å². The van der Waals surface area contributed by atoms with Crippen LogP contribution in [0.2, 0.25) is 0 Å². The first-order chi connectivity index (χ1) is 13.6. The van der Waals surface area contributed by atoms with Gasteiger partial charge in [0.1, 0.15) is 6.54 Å². The molecule has 2 aromatic carbocycles. The molecule has 144 valence electrons. The molecule has 0 saturated heterocycles. The fourth-order valence-electron chi connectivity index (χ4n) is 2.40. The summed E-state index contributed by atoms with van der Waals surface area (Å²) in [6.45, 7) is 1.81. The number of ether oxygens (including phenoxy) is 1. The van der Waals surface area contributed by atoms with Gasteiger partial charge in [0.15, 0.2) is 5.13 Å². The topological polar surface area (TPSA) is 92.3 Å². The third-order valence-electron chi connectivity index (χ3n) is 3.64.